The Morgan fingerprint density at radius 3 is 2.45 bits per heavy atom. The van der Waals surface area contributed by atoms with Gasteiger partial charge in [0.1, 0.15) is 5.75 Å². The highest BCUT2D eigenvalue weighted by atomic mass is 32.1. The van der Waals surface area contributed by atoms with Crippen LogP contribution in [0.5, 0.6) is 5.75 Å². The van der Waals surface area contributed by atoms with Crippen molar-refractivity contribution in [2.45, 2.75) is 38.9 Å². The van der Waals surface area contributed by atoms with Crippen molar-refractivity contribution in [3.63, 3.8) is 0 Å². The minimum absolute atomic E-state index is 0.371. The molecule has 0 atom stereocenters. The van der Waals surface area contributed by atoms with Gasteiger partial charge in [-0.3, -0.25) is 0 Å². The number of benzene rings is 2. The third-order valence-electron chi connectivity index (χ3n) is 5.09. The van der Waals surface area contributed by atoms with Gasteiger partial charge in [-0.15, -0.1) is 11.3 Å². The molecule has 1 aromatic heterocycles. The monoisotopic (exact) mass is 477 g/mol. The van der Waals surface area contributed by atoms with Crippen LogP contribution in [0, 0.1) is 0 Å². The number of ether oxygens (including phenoxy) is 1. The SMILES string of the molecule is CCCc1ccc(OCC(=O)O)cc1CCNCc1ccc(-c2ccc(C(F)(F)F)cc2)s1. The van der Waals surface area contributed by atoms with Gasteiger partial charge in [-0.25, -0.2) is 4.79 Å². The lowest BCUT2D eigenvalue weighted by molar-refractivity contribution is -0.139. The molecule has 0 amide bonds. The Kier molecular flexibility index (Phi) is 8.52. The van der Waals surface area contributed by atoms with Crippen LogP contribution in [0.25, 0.3) is 10.4 Å². The second kappa shape index (κ2) is 11.3. The minimum atomic E-state index is -4.33. The van der Waals surface area contributed by atoms with Crippen LogP contribution in [0.15, 0.2) is 54.6 Å². The third-order valence-corrected chi connectivity index (χ3v) is 6.22. The summed E-state index contributed by atoms with van der Waals surface area (Å²) < 4.78 is 43.5. The lowest BCUT2D eigenvalue weighted by atomic mass is 10.0. The van der Waals surface area contributed by atoms with Crippen LogP contribution in [0.1, 0.15) is 34.9 Å². The molecule has 0 aliphatic heterocycles. The van der Waals surface area contributed by atoms with Crippen molar-refractivity contribution < 1.29 is 27.8 Å². The van der Waals surface area contributed by atoms with Crippen molar-refractivity contribution >= 4 is 17.3 Å². The number of carboxylic acids is 1. The smallest absolute Gasteiger partial charge is 0.416 e. The first-order valence-electron chi connectivity index (χ1n) is 10.7. The summed E-state index contributed by atoms with van der Waals surface area (Å²) in [6, 6.07) is 14.8. The molecular weight excluding hydrogens is 451 g/mol. The normalized spacial score (nSPS) is 11.5. The molecule has 4 nitrogen and oxygen atoms in total. The maximum atomic E-state index is 12.7. The van der Waals surface area contributed by atoms with Crippen molar-refractivity contribution in [2.75, 3.05) is 13.2 Å². The molecule has 0 saturated heterocycles. The van der Waals surface area contributed by atoms with E-state index in [1.807, 2.05) is 24.3 Å². The highest BCUT2D eigenvalue weighted by Crippen LogP contribution is 2.33. The molecule has 0 unspecified atom stereocenters. The number of hydrogen-bond donors (Lipinski definition) is 2. The maximum absolute atomic E-state index is 12.7. The molecule has 3 rings (SSSR count). The highest BCUT2D eigenvalue weighted by molar-refractivity contribution is 7.15. The predicted octanol–water partition coefficient (Wildman–Crippen LogP) is 6.18. The Balaban J connectivity index is 1.55. The van der Waals surface area contributed by atoms with Crippen molar-refractivity contribution in [2.24, 2.45) is 0 Å². The molecule has 0 spiro atoms. The number of nitrogens with one attached hydrogen (secondary N) is 1. The van der Waals surface area contributed by atoms with Crippen molar-refractivity contribution in [3.8, 4) is 16.2 Å². The van der Waals surface area contributed by atoms with Gasteiger partial charge < -0.3 is 15.2 Å². The number of alkyl halides is 3. The molecule has 3 aromatic rings. The van der Waals surface area contributed by atoms with Gasteiger partial charge in [-0.05, 0) is 72.5 Å². The maximum Gasteiger partial charge on any atom is 0.416 e. The van der Waals surface area contributed by atoms with Crippen LogP contribution in [0.2, 0.25) is 0 Å². The molecule has 33 heavy (non-hydrogen) atoms. The van der Waals surface area contributed by atoms with E-state index in [-0.39, 0.29) is 6.61 Å². The second-order valence-corrected chi connectivity index (χ2v) is 8.80. The zero-order valence-corrected chi connectivity index (χ0v) is 19.1. The Bertz CT molecular complexity index is 1060. The standard InChI is InChI=1S/C25H26F3NO3S/c1-2-3-17-6-9-21(32-16-24(30)31)14-19(17)12-13-29-15-22-10-11-23(33-22)18-4-7-20(8-5-18)25(26,27)28/h4-11,14,29H,2-3,12-13,15-16H2,1H3,(H,30,31). The summed E-state index contributed by atoms with van der Waals surface area (Å²) in [7, 11) is 0. The van der Waals surface area contributed by atoms with E-state index in [4.69, 9.17) is 9.84 Å². The van der Waals surface area contributed by atoms with E-state index < -0.39 is 17.7 Å². The lowest BCUT2D eigenvalue weighted by Crippen LogP contribution is -2.17. The summed E-state index contributed by atoms with van der Waals surface area (Å²) in [5.41, 5.74) is 2.47. The summed E-state index contributed by atoms with van der Waals surface area (Å²) in [4.78, 5) is 12.8. The van der Waals surface area contributed by atoms with Gasteiger partial charge in [0.05, 0.1) is 5.56 Å². The summed E-state index contributed by atoms with van der Waals surface area (Å²) in [5.74, 6) is -0.464. The van der Waals surface area contributed by atoms with Crippen LogP contribution >= 0.6 is 11.3 Å². The van der Waals surface area contributed by atoms with E-state index in [0.717, 1.165) is 58.8 Å². The molecular formula is C25H26F3NO3S. The molecule has 1 heterocycles. The quantitative estimate of drug-likeness (QED) is 0.324. The van der Waals surface area contributed by atoms with Gasteiger partial charge in [-0.2, -0.15) is 13.2 Å². The van der Waals surface area contributed by atoms with Gasteiger partial charge >= 0.3 is 12.1 Å². The lowest BCUT2D eigenvalue weighted by Gasteiger charge is -2.12. The number of hydrogen-bond acceptors (Lipinski definition) is 4. The fourth-order valence-electron chi connectivity index (χ4n) is 3.47. The van der Waals surface area contributed by atoms with E-state index in [2.05, 4.69) is 12.2 Å². The van der Waals surface area contributed by atoms with Gasteiger partial charge in [0.2, 0.25) is 0 Å². The fourth-order valence-corrected chi connectivity index (χ4v) is 4.45. The average molecular weight is 478 g/mol. The number of halogens is 3. The molecule has 176 valence electrons. The summed E-state index contributed by atoms with van der Waals surface area (Å²) >= 11 is 1.55. The van der Waals surface area contributed by atoms with Crippen LogP contribution in [-0.4, -0.2) is 24.2 Å². The van der Waals surface area contributed by atoms with Crippen molar-refractivity contribution in [1.82, 2.24) is 5.32 Å². The molecule has 0 aliphatic rings. The van der Waals surface area contributed by atoms with Crippen LogP contribution in [-0.2, 0) is 30.4 Å². The van der Waals surface area contributed by atoms with Crippen LogP contribution in [0.3, 0.4) is 0 Å². The molecule has 8 heteroatoms. The first-order chi connectivity index (χ1) is 15.8. The fraction of sp³-hybridized carbons (Fsp3) is 0.320. The highest BCUT2D eigenvalue weighted by Gasteiger charge is 2.30. The molecule has 0 saturated carbocycles. The topological polar surface area (TPSA) is 58.6 Å². The van der Waals surface area contributed by atoms with Crippen molar-refractivity contribution in [3.05, 3.63) is 76.2 Å². The van der Waals surface area contributed by atoms with E-state index >= 15 is 0 Å². The number of thiophene rings is 1. The Labute approximate surface area is 195 Å². The number of carboxylic acid groups (broad SMARTS) is 1. The Hall–Kier alpha value is -2.84. The average Bonchev–Trinajstić information content (AvgIpc) is 3.25. The van der Waals surface area contributed by atoms with Crippen LogP contribution < -0.4 is 10.1 Å². The molecule has 2 aromatic carbocycles. The third kappa shape index (κ3) is 7.33. The molecule has 0 radical (unpaired) electrons. The van der Waals surface area contributed by atoms with Gasteiger partial charge in [0, 0.05) is 16.3 Å². The Morgan fingerprint density at radius 2 is 1.79 bits per heavy atom. The van der Waals surface area contributed by atoms with Gasteiger partial charge in [0.25, 0.3) is 0 Å². The molecule has 0 fully saturated rings. The first kappa shape index (κ1) is 24.8. The van der Waals surface area contributed by atoms with Crippen LogP contribution in [0.4, 0.5) is 13.2 Å². The molecule has 0 aliphatic carbocycles. The molecule has 2 N–H and O–H groups in total. The number of rotatable bonds is 11. The van der Waals surface area contributed by atoms with E-state index in [0.29, 0.717) is 12.3 Å². The number of carbonyl (C=O) groups is 1. The number of aliphatic carboxylic acids is 1. The minimum Gasteiger partial charge on any atom is -0.482 e. The summed E-state index contributed by atoms with van der Waals surface area (Å²) in [6.07, 6.45) is -1.60. The number of aryl methyl sites for hydroxylation is 1. The van der Waals surface area contributed by atoms with Gasteiger partial charge in [-0.1, -0.05) is 31.5 Å². The summed E-state index contributed by atoms with van der Waals surface area (Å²) in [5, 5.41) is 12.2. The largest absolute Gasteiger partial charge is 0.482 e. The molecule has 0 bridgehead atoms. The van der Waals surface area contributed by atoms with E-state index in [1.165, 1.54) is 17.7 Å². The Morgan fingerprint density at radius 1 is 1.03 bits per heavy atom. The zero-order chi connectivity index (χ0) is 23.8. The zero-order valence-electron chi connectivity index (χ0n) is 18.2. The predicted molar refractivity (Wildman–Crippen MR) is 124 cm³/mol. The first-order valence-corrected chi connectivity index (χ1v) is 11.5. The van der Waals surface area contributed by atoms with Crippen molar-refractivity contribution in [1.29, 1.82) is 0 Å². The van der Waals surface area contributed by atoms with E-state index in [1.54, 1.807) is 17.4 Å². The van der Waals surface area contributed by atoms with Gasteiger partial charge in [0.15, 0.2) is 6.61 Å². The summed E-state index contributed by atoms with van der Waals surface area (Å²) in [6.45, 7) is 3.13. The van der Waals surface area contributed by atoms with E-state index in [9.17, 15) is 18.0 Å². The second-order valence-electron chi connectivity index (χ2n) is 7.63.